The van der Waals surface area contributed by atoms with Crippen LogP contribution in [0, 0.1) is 0 Å². The zero-order chi connectivity index (χ0) is 17.6. The van der Waals surface area contributed by atoms with Gasteiger partial charge in [0.25, 0.3) is 0 Å². The molecule has 25 heavy (non-hydrogen) atoms. The molecule has 0 spiro atoms. The Morgan fingerprint density at radius 3 is 1.88 bits per heavy atom. The van der Waals surface area contributed by atoms with Crippen LogP contribution in [0.25, 0.3) is 21.9 Å². The van der Waals surface area contributed by atoms with Gasteiger partial charge in [0.15, 0.2) is 11.5 Å². The van der Waals surface area contributed by atoms with Gasteiger partial charge >= 0.3 is 0 Å². The van der Waals surface area contributed by atoms with Crippen molar-refractivity contribution in [2.45, 2.75) is 0 Å². The molecule has 0 saturated carbocycles. The highest BCUT2D eigenvalue weighted by atomic mass is 16.3. The van der Waals surface area contributed by atoms with E-state index in [1.54, 1.807) is 18.2 Å². The van der Waals surface area contributed by atoms with Gasteiger partial charge in [-0.3, -0.25) is 0 Å². The van der Waals surface area contributed by atoms with Crippen molar-refractivity contribution in [2.75, 3.05) is 0 Å². The molecule has 3 N–H and O–H groups in total. The molecule has 0 radical (unpaired) electrons. The lowest BCUT2D eigenvalue weighted by Crippen LogP contribution is -1.76. The lowest BCUT2D eigenvalue weighted by molar-refractivity contribution is 0.408. The number of rotatable bonds is 1. The van der Waals surface area contributed by atoms with Gasteiger partial charge in [-0.25, -0.2) is 0 Å². The zero-order valence-corrected chi connectivity index (χ0v) is 13.5. The monoisotopic (exact) mass is 330 g/mol. The van der Waals surface area contributed by atoms with Gasteiger partial charge in [-0.1, -0.05) is 78.9 Å². The number of para-hydroxylation sites is 1. The first-order chi connectivity index (χ1) is 12.2. The van der Waals surface area contributed by atoms with Crippen LogP contribution in [0.3, 0.4) is 0 Å². The van der Waals surface area contributed by atoms with Crippen LogP contribution >= 0.6 is 0 Å². The lowest BCUT2D eigenvalue weighted by atomic mass is 10.1. The van der Waals surface area contributed by atoms with E-state index >= 15 is 0 Å². The van der Waals surface area contributed by atoms with Crippen molar-refractivity contribution in [3.63, 3.8) is 0 Å². The third-order valence-electron chi connectivity index (χ3n) is 3.87. The second-order valence-electron chi connectivity index (χ2n) is 5.54. The van der Waals surface area contributed by atoms with Gasteiger partial charge in [0.1, 0.15) is 5.75 Å². The SMILES string of the molecule is Oc1ccc2ccccc2c1O.Oc1ccccc1-c1ccccc1. The fourth-order valence-electron chi connectivity index (χ4n) is 2.58. The molecule has 0 amide bonds. The molecule has 0 aliphatic heterocycles. The summed E-state index contributed by atoms with van der Waals surface area (Å²) in [6, 6.07) is 27.8. The molecule has 0 heterocycles. The first-order valence-corrected chi connectivity index (χ1v) is 7.90. The first kappa shape index (κ1) is 16.4. The topological polar surface area (TPSA) is 60.7 Å². The third-order valence-corrected chi connectivity index (χ3v) is 3.87. The van der Waals surface area contributed by atoms with Crippen molar-refractivity contribution >= 4 is 10.8 Å². The quantitative estimate of drug-likeness (QED) is 0.414. The molecule has 0 aliphatic rings. The molecule has 0 saturated heterocycles. The Morgan fingerprint density at radius 1 is 0.480 bits per heavy atom. The molecule has 0 aromatic heterocycles. The highest BCUT2D eigenvalue weighted by Gasteiger charge is 2.02. The summed E-state index contributed by atoms with van der Waals surface area (Å²) in [5.74, 6) is 0.204. The van der Waals surface area contributed by atoms with Crippen LogP contribution in [0.1, 0.15) is 0 Å². The molecule has 3 nitrogen and oxygen atoms in total. The number of hydrogen-bond donors (Lipinski definition) is 3. The third kappa shape index (κ3) is 3.72. The molecular weight excluding hydrogens is 312 g/mol. The Kier molecular flexibility index (Phi) is 4.86. The molecule has 0 atom stereocenters. The number of aromatic hydroxyl groups is 3. The van der Waals surface area contributed by atoms with Crippen LogP contribution in [0.2, 0.25) is 0 Å². The van der Waals surface area contributed by atoms with Crippen LogP contribution < -0.4 is 0 Å². The van der Waals surface area contributed by atoms with E-state index in [0.717, 1.165) is 16.5 Å². The van der Waals surface area contributed by atoms with E-state index in [-0.39, 0.29) is 11.5 Å². The fourth-order valence-corrected chi connectivity index (χ4v) is 2.58. The Bertz CT molecular complexity index is 979. The molecule has 3 heteroatoms. The van der Waals surface area contributed by atoms with Crippen molar-refractivity contribution in [3.8, 4) is 28.4 Å². The van der Waals surface area contributed by atoms with Gasteiger partial charge in [-0.05, 0) is 23.1 Å². The van der Waals surface area contributed by atoms with Gasteiger partial charge in [0.2, 0.25) is 0 Å². The minimum Gasteiger partial charge on any atom is -0.507 e. The van der Waals surface area contributed by atoms with Crippen molar-refractivity contribution in [1.29, 1.82) is 0 Å². The number of benzene rings is 4. The molecule has 0 fully saturated rings. The Hall–Kier alpha value is -3.46. The maximum atomic E-state index is 9.56. The standard InChI is InChI=1S/C12H10O.C10H8O2/c13-12-9-5-4-8-11(12)10-6-2-1-3-7-10;11-9-6-5-7-3-1-2-4-8(7)10(9)12/h1-9,13H;1-6,11-12H. The summed E-state index contributed by atoms with van der Waals surface area (Å²) < 4.78 is 0. The smallest absolute Gasteiger partial charge is 0.165 e. The van der Waals surface area contributed by atoms with E-state index in [4.69, 9.17) is 5.11 Å². The second kappa shape index (κ2) is 7.41. The summed E-state index contributed by atoms with van der Waals surface area (Å²) in [5.41, 5.74) is 1.92. The molecular formula is C22H18O3. The largest absolute Gasteiger partial charge is 0.507 e. The molecule has 4 aromatic rings. The van der Waals surface area contributed by atoms with Gasteiger partial charge in [-0.2, -0.15) is 0 Å². The highest BCUT2D eigenvalue weighted by molar-refractivity contribution is 5.90. The van der Waals surface area contributed by atoms with Crippen LogP contribution in [0.15, 0.2) is 91.0 Å². The highest BCUT2D eigenvalue weighted by Crippen LogP contribution is 2.32. The number of phenolic OH excluding ortho intramolecular Hbond substituents is 3. The predicted molar refractivity (Wildman–Crippen MR) is 101 cm³/mol. The van der Waals surface area contributed by atoms with Crippen molar-refractivity contribution in [2.24, 2.45) is 0 Å². The van der Waals surface area contributed by atoms with Crippen LogP contribution in [0.4, 0.5) is 0 Å². The van der Waals surface area contributed by atoms with Gasteiger partial charge in [0.05, 0.1) is 0 Å². The summed E-state index contributed by atoms with van der Waals surface area (Å²) >= 11 is 0. The average Bonchev–Trinajstić information content (AvgIpc) is 2.67. The predicted octanol–water partition coefficient (Wildman–Crippen LogP) is 5.31. The summed E-state index contributed by atoms with van der Waals surface area (Å²) in [6.45, 7) is 0. The zero-order valence-electron chi connectivity index (χ0n) is 13.5. The number of phenols is 3. The Labute approximate surface area is 146 Å². The van der Waals surface area contributed by atoms with Crippen molar-refractivity contribution in [3.05, 3.63) is 91.0 Å². The van der Waals surface area contributed by atoms with E-state index in [1.165, 1.54) is 6.07 Å². The first-order valence-electron chi connectivity index (χ1n) is 7.90. The van der Waals surface area contributed by atoms with Crippen LogP contribution in [0.5, 0.6) is 17.2 Å². The maximum Gasteiger partial charge on any atom is 0.165 e. The Balaban J connectivity index is 0.000000146. The second-order valence-corrected chi connectivity index (χ2v) is 5.54. The van der Waals surface area contributed by atoms with E-state index in [1.807, 2.05) is 66.7 Å². The summed E-state index contributed by atoms with van der Waals surface area (Å²) in [6.07, 6.45) is 0. The van der Waals surface area contributed by atoms with Crippen molar-refractivity contribution < 1.29 is 15.3 Å². The molecule has 0 unspecified atom stereocenters. The van der Waals surface area contributed by atoms with Gasteiger partial charge in [0, 0.05) is 10.9 Å². The fraction of sp³-hybridized carbons (Fsp3) is 0. The number of hydrogen-bond acceptors (Lipinski definition) is 3. The maximum absolute atomic E-state index is 9.56. The molecule has 0 aliphatic carbocycles. The minimum absolute atomic E-state index is 0.0481. The average molecular weight is 330 g/mol. The normalized spacial score (nSPS) is 10.1. The van der Waals surface area contributed by atoms with E-state index in [0.29, 0.717) is 11.1 Å². The minimum atomic E-state index is -0.0753. The van der Waals surface area contributed by atoms with Crippen LogP contribution in [-0.2, 0) is 0 Å². The molecule has 124 valence electrons. The lowest BCUT2D eigenvalue weighted by Gasteiger charge is -2.02. The Morgan fingerprint density at radius 2 is 1.12 bits per heavy atom. The molecule has 4 rings (SSSR count). The van der Waals surface area contributed by atoms with E-state index < -0.39 is 0 Å². The molecule has 4 aromatic carbocycles. The van der Waals surface area contributed by atoms with E-state index in [2.05, 4.69) is 0 Å². The summed E-state index contributed by atoms with van der Waals surface area (Å²) in [4.78, 5) is 0. The van der Waals surface area contributed by atoms with Crippen LogP contribution in [-0.4, -0.2) is 15.3 Å². The van der Waals surface area contributed by atoms with Crippen molar-refractivity contribution in [1.82, 2.24) is 0 Å². The molecule has 0 bridgehead atoms. The van der Waals surface area contributed by atoms with E-state index in [9.17, 15) is 10.2 Å². The number of fused-ring (bicyclic) bond motifs is 1. The summed E-state index contributed by atoms with van der Waals surface area (Å²) in [7, 11) is 0. The van der Waals surface area contributed by atoms with Gasteiger partial charge < -0.3 is 15.3 Å². The summed E-state index contributed by atoms with van der Waals surface area (Å²) in [5, 5.41) is 29.7. The van der Waals surface area contributed by atoms with Gasteiger partial charge in [-0.15, -0.1) is 0 Å².